The molecule has 0 unspecified atom stereocenters. The van der Waals surface area contributed by atoms with E-state index in [2.05, 4.69) is 4.90 Å². The number of halogens is 2. The number of hydrogen-bond acceptors (Lipinski definition) is 3. The number of nitrogens with zero attached hydrogens (tertiary/aromatic N) is 2. The fourth-order valence-corrected chi connectivity index (χ4v) is 3.64. The lowest BCUT2D eigenvalue weighted by atomic mass is 10.1. The van der Waals surface area contributed by atoms with Crippen molar-refractivity contribution in [2.45, 2.75) is 17.7 Å². The predicted molar refractivity (Wildman–Crippen MR) is 88.9 cm³/mol. The molecule has 1 amide bonds. The first-order valence-corrected chi connectivity index (χ1v) is 8.19. The van der Waals surface area contributed by atoms with Crippen molar-refractivity contribution in [2.75, 3.05) is 38.2 Å². The van der Waals surface area contributed by atoms with Gasteiger partial charge in [0.2, 0.25) is 5.91 Å². The van der Waals surface area contributed by atoms with Crippen molar-refractivity contribution in [3.63, 3.8) is 0 Å². The second-order valence-electron chi connectivity index (χ2n) is 6.19. The maximum Gasteiger partial charge on any atom is 0.231 e. The average Bonchev–Trinajstić information content (AvgIpc) is 3.06. The van der Waals surface area contributed by atoms with Gasteiger partial charge in [0.1, 0.15) is 10.1 Å². The highest BCUT2D eigenvalue weighted by Crippen LogP contribution is 2.64. The topological polar surface area (TPSA) is 32.8 Å². The van der Waals surface area contributed by atoms with Crippen LogP contribution in [0.1, 0.15) is 13.3 Å². The van der Waals surface area contributed by atoms with Gasteiger partial charge < -0.3 is 14.5 Å². The SMILES string of the molecule is COc1ccc(N2CCN(C(=O)[C@]3(C)CC3(Cl)Cl)CC2)cc1. The molecule has 1 aromatic carbocycles. The minimum atomic E-state index is -0.892. The van der Waals surface area contributed by atoms with E-state index < -0.39 is 9.75 Å². The summed E-state index contributed by atoms with van der Waals surface area (Å²) in [6.07, 6.45) is 0.542. The largest absolute Gasteiger partial charge is 0.497 e. The van der Waals surface area contributed by atoms with E-state index in [1.165, 1.54) is 0 Å². The molecule has 2 fully saturated rings. The smallest absolute Gasteiger partial charge is 0.231 e. The van der Waals surface area contributed by atoms with Gasteiger partial charge in [0, 0.05) is 31.9 Å². The molecule has 3 rings (SSSR count). The number of benzene rings is 1. The summed E-state index contributed by atoms with van der Waals surface area (Å²) >= 11 is 12.2. The molecule has 120 valence electrons. The summed E-state index contributed by atoms with van der Waals surface area (Å²) in [6.45, 7) is 4.87. The number of rotatable bonds is 3. The molecule has 1 heterocycles. The lowest BCUT2D eigenvalue weighted by Gasteiger charge is -2.37. The predicted octanol–water partition coefficient (Wildman–Crippen LogP) is 2.93. The quantitative estimate of drug-likeness (QED) is 0.791. The molecule has 0 bridgehead atoms. The third-order valence-electron chi connectivity index (χ3n) is 4.73. The Morgan fingerprint density at radius 3 is 2.14 bits per heavy atom. The van der Waals surface area contributed by atoms with Gasteiger partial charge in [-0.3, -0.25) is 4.79 Å². The Bertz CT molecular complexity index is 568. The number of alkyl halides is 2. The minimum Gasteiger partial charge on any atom is -0.497 e. The Hall–Kier alpha value is -1.13. The van der Waals surface area contributed by atoms with E-state index in [9.17, 15) is 4.79 Å². The molecule has 1 atom stereocenters. The summed E-state index contributed by atoms with van der Waals surface area (Å²) < 4.78 is 4.28. The number of piperazine rings is 1. The van der Waals surface area contributed by atoms with Crippen LogP contribution in [0.25, 0.3) is 0 Å². The van der Waals surface area contributed by atoms with Crippen LogP contribution in [0.15, 0.2) is 24.3 Å². The van der Waals surface area contributed by atoms with Gasteiger partial charge in [-0.25, -0.2) is 0 Å². The van der Waals surface area contributed by atoms with Crippen LogP contribution in [0.2, 0.25) is 0 Å². The number of ether oxygens (including phenoxy) is 1. The molecule has 1 aromatic rings. The normalized spacial score (nSPS) is 26.7. The number of carbonyl (C=O) groups excluding carboxylic acids is 1. The standard InChI is InChI=1S/C16H20Cl2N2O2/c1-15(11-16(15,17)18)14(21)20-9-7-19(8-10-20)12-3-5-13(22-2)6-4-12/h3-6H,7-11H2,1-2H3/t15-/m0/s1. The van der Waals surface area contributed by atoms with Gasteiger partial charge in [0.25, 0.3) is 0 Å². The van der Waals surface area contributed by atoms with Crippen molar-refractivity contribution >= 4 is 34.8 Å². The zero-order valence-corrected chi connectivity index (χ0v) is 14.3. The highest BCUT2D eigenvalue weighted by Gasteiger charge is 2.68. The van der Waals surface area contributed by atoms with Gasteiger partial charge in [-0.15, -0.1) is 23.2 Å². The van der Waals surface area contributed by atoms with Crippen molar-refractivity contribution in [3.8, 4) is 5.75 Å². The first kappa shape index (κ1) is 15.8. The fraction of sp³-hybridized carbons (Fsp3) is 0.562. The van der Waals surface area contributed by atoms with Gasteiger partial charge in [-0.1, -0.05) is 0 Å². The second kappa shape index (κ2) is 5.50. The molecule has 0 radical (unpaired) electrons. The van der Waals surface area contributed by atoms with E-state index in [0.29, 0.717) is 19.5 Å². The highest BCUT2D eigenvalue weighted by atomic mass is 35.5. The summed E-state index contributed by atoms with van der Waals surface area (Å²) in [5, 5.41) is 0. The molecule has 22 heavy (non-hydrogen) atoms. The molecule has 1 aliphatic heterocycles. The number of anilines is 1. The van der Waals surface area contributed by atoms with Crippen LogP contribution in [-0.2, 0) is 4.79 Å². The lowest BCUT2D eigenvalue weighted by Crippen LogP contribution is -2.51. The van der Waals surface area contributed by atoms with Crippen LogP contribution in [0.3, 0.4) is 0 Å². The Balaban J connectivity index is 1.59. The summed E-state index contributed by atoms with van der Waals surface area (Å²) in [5.74, 6) is 0.923. The Morgan fingerprint density at radius 1 is 1.14 bits per heavy atom. The molecule has 1 saturated carbocycles. The van der Waals surface area contributed by atoms with E-state index in [1.807, 2.05) is 36.1 Å². The van der Waals surface area contributed by atoms with Crippen molar-refractivity contribution in [2.24, 2.45) is 5.41 Å². The Morgan fingerprint density at radius 2 is 1.68 bits per heavy atom. The van der Waals surface area contributed by atoms with Crippen LogP contribution in [-0.4, -0.2) is 48.4 Å². The summed E-state index contributed by atoms with van der Waals surface area (Å²) in [5.41, 5.74) is 0.535. The molecule has 4 nitrogen and oxygen atoms in total. The van der Waals surface area contributed by atoms with Crippen LogP contribution in [0.5, 0.6) is 5.75 Å². The third kappa shape index (κ3) is 2.63. The zero-order valence-electron chi connectivity index (χ0n) is 12.8. The van der Waals surface area contributed by atoms with Crippen LogP contribution in [0.4, 0.5) is 5.69 Å². The molecular formula is C16H20Cl2N2O2. The number of carbonyl (C=O) groups is 1. The van der Waals surface area contributed by atoms with E-state index in [0.717, 1.165) is 24.5 Å². The lowest BCUT2D eigenvalue weighted by molar-refractivity contribution is -0.136. The molecule has 6 heteroatoms. The number of methoxy groups -OCH3 is 1. The monoisotopic (exact) mass is 342 g/mol. The molecule has 1 aliphatic carbocycles. The van der Waals surface area contributed by atoms with E-state index in [1.54, 1.807) is 7.11 Å². The summed E-state index contributed by atoms with van der Waals surface area (Å²) in [7, 11) is 1.66. The molecule has 2 aliphatic rings. The van der Waals surface area contributed by atoms with E-state index in [4.69, 9.17) is 27.9 Å². The van der Waals surface area contributed by atoms with Crippen molar-refractivity contribution < 1.29 is 9.53 Å². The Kier molecular flexibility index (Phi) is 3.94. The fourth-order valence-electron chi connectivity index (χ4n) is 2.94. The van der Waals surface area contributed by atoms with Crippen LogP contribution in [0, 0.1) is 5.41 Å². The van der Waals surface area contributed by atoms with Crippen molar-refractivity contribution in [1.82, 2.24) is 4.90 Å². The van der Waals surface area contributed by atoms with Crippen molar-refractivity contribution in [3.05, 3.63) is 24.3 Å². The summed E-state index contributed by atoms with van der Waals surface area (Å²) in [4.78, 5) is 16.7. The first-order valence-electron chi connectivity index (χ1n) is 7.44. The molecule has 0 N–H and O–H groups in total. The first-order chi connectivity index (χ1) is 10.4. The molecule has 0 spiro atoms. The summed E-state index contributed by atoms with van der Waals surface area (Å²) in [6, 6.07) is 7.99. The maximum atomic E-state index is 12.5. The highest BCUT2D eigenvalue weighted by molar-refractivity contribution is 6.53. The zero-order chi connectivity index (χ0) is 16.0. The van der Waals surface area contributed by atoms with E-state index in [-0.39, 0.29) is 5.91 Å². The van der Waals surface area contributed by atoms with Crippen LogP contribution < -0.4 is 9.64 Å². The van der Waals surface area contributed by atoms with Gasteiger partial charge in [0.15, 0.2) is 0 Å². The maximum absolute atomic E-state index is 12.5. The second-order valence-corrected chi connectivity index (χ2v) is 7.67. The molecule has 0 aromatic heterocycles. The molecular weight excluding hydrogens is 323 g/mol. The van der Waals surface area contributed by atoms with E-state index >= 15 is 0 Å². The van der Waals surface area contributed by atoms with Crippen molar-refractivity contribution in [1.29, 1.82) is 0 Å². The minimum absolute atomic E-state index is 0.0758. The number of amides is 1. The molecule has 1 saturated heterocycles. The van der Waals surface area contributed by atoms with Gasteiger partial charge in [-0.2, -0.15) is 0 Å². The Labute approximate surface area is 140 Å². The van der Waals surface area contributed by atoms with Gasteiger partial charge in [-0.05, 0) is 37.6 Å². The van der Waals surface area contributed by atoms with Gasteiger partial charge in [0.05, 0.1) is 12.5 Å². The van der Waals surface area contributed by atoms with Gasteiger partial charge >= 0.3 is 0 Å². The number of hydrogen-bond donors (Lipinski definition) is 0. The average molecular weight is 343 g/mol. The third-order valence-corrected chi connectivity index (χ3v) is 5.84. The van der Waals surface area contributed by atoms with Crippen LogP contribution >= 0.6 is 23.2 Å².